The van der Waals surface area contributed by atoms with Crippen LogP contribution in [0.5, 0.6) is 0 Å². The van der Waals surface area contributed by atoms with Gasteiger partial charge in [0.25, 0.3) is 0 Å². The summed E-state index contributed by atoms with van der Waals surface area (Å²) >= 11 is 0. The second-order valence-corrected chi connectivity index (χ2v) is 15.3. The number of phosphoric ester groups is 1. The van der Waals surface area contributed by atoms with Crippen LogP contribution in [0.1, 0.15) is 123 Å². The third-order valence-electron chi connectivity index (χ3n) is 8.19. The minimum Gasteiger partial charge on any atom is -0.462 e. The highest BCUT2D eigenvalue weighted by molar-refractivity contribution is 7.47. The van der Waals surface area contributed by atoms with Crippen molar-refractivity contribution in [3.8, 4) is 0 Å². The lowest BCUT2D eigenvalue weighted by atomic mass is 10.2. The number of carbonyl (C=O) groups is 2. The predicted molar refractivity (Wildman–Crippen MR) is 243 cm³/mol. The van der Waals surface area contributed by atoms with Crippen LogP contribution in [0.25, 0.3) is 0 Å². The first-order valence-electron chi connectivity index (χ1n) is 21.6. The summed E-state index contributed by atoms with van der Waals surface area (Å²) in [5.74, 6) is -1.19. The number of hydrogen-bond donors (Lipinski definition) is 4. The van der Waals surface area contributed by atoms with E-state index in [2.05, 4.69) is 91.3 Å². The molecular formula is C48H75O11P. The maximum absolute atomic E-state index is 12.6. The number of aliphatic hydroxyl groups is 3. The molecule has 4 N–H and O–H groups in total. The Kier molecular flexibility index (Phi) is 39.5. The Morgan fingerprint density at radius 3 is 1.70 bits per heavy atom. The van der Waals surface area contributed by atoms with E-state index in [0.717, 1.165) is 51.4 Å². The number of ether oxygens (including phenoxy) is 2. The van der Waals surface area contributed by atoms with Gasteiger partial charge in [0, 0.05) is 12.8 Å². The lowest BCUT2D eigenvalue weighted by Crippen LogP contribution is -2.29. The summed E-state index contributed by atoms with van der Waals surface area (Å²) < 4.78 is 32.5. The van der Waals surface area contributed by atoms with Crippen LogP contribution in [0, 0.1) is 0 Å². The number of rotatable bonds is 38. The van der Waals surface area contributed by atoms with Crippen molar-refractivity contribution in [1.82, 2.24) is 0 Å². The number of hydrogen-bond acceptors (Lipinski definition) is 10. The maximum Gasteiger partial charge on any atom is 0.472 e. The highest BCUT2D eigenvalue weighted by atomic mass is 31.2. The summed E-state index contributed by atoms with van der Waals surface area (Å²) in [5.41, 5.74) is 0. The van der Waals surface area contributed by atoms with E-state index < -0.39 is 64.5 Å². The maximum atomic E-state index is 12.6. The first-order chi connectivity index (χ1) is 29.1. The molecule has 0 aliphatic carbocycles. The third-order valence-corrected chi connectivity index (χ3v) is 9.14. The van der Waals surface area contributed by atoms with Gasteiger partial charge in [-0.1, -0.05) is 148 Å². The third kappa shape index (κ3) is 41.1. The molecule has 0 aromatic rings. The van der Waals surface area contributed by atoms with Crippen LogP contribution in [0.4, 0.5) is 0 Å². The van der Waals surface area contributed by atoms with E-state index in [-0.39, 0.29) is 12.8 Å². The van der Waals surface area contributed by atoms with Crippen molar-refractivity contribution in [3.63, 3.8) is 0 Å². The first kappa shape index (κ1) is 56.3. The fraction of sp³-hybridized carbons (Fsp3) is 0.542. The van der Waals surface area contributed by atoms with Crippen LogP contribution in [0.3, 0.4) is 0 Å². The molecule has 2 unspecified atom stereocenters. The summed E-state index contributed by atoms with van der Waals surface area (Å²) in [6.45, 7) is 1.94. The molecule has 0 saturated heterocycles. The molecule has 0 spiro atoms. The van der Waals surface area contributed by atoms with Gasteiger partial charge in [0.05, 0.1) is 25.9 Å². The number of carbonyl (C=O) groups excluding carboxylic acids is 2. The second-order valence-electron chi connectivity index (χ2n) is 13.8. The zero-order valence-electron chi connectivity index (χ0n) is 36.2. The van der Waals surface area contributed by atoms with Gasteiger partial charge in [-0.15, -0.1) is 0 Å². The van der Waals surface area contributed by atoms with Gasteiger partial charge in [-0.3, -0.25) is 18.6 Å². The molecule has 0 bridgehead atoms. The molecule has 0 aliphatic heterocycles. The van der Waals surface area contributed by atoms with Gasteiger partial charge in [-0.05, 0) is 83.5 Å². The SMILES string of the molecule is CC/C=C\C/C=C\C/C=C\C/C=C\C=C/C(O)C/C=C\CCC(=O)O[C@H](COC(=O)CCC/C=C\C/C=C\C/C=C\C/C=C\CCCCC)COP(=O)(O)OC[C@@H](O)CO. The Morgan fingerprint density at radius 2 is 1.12 bits per heavy atom. The average molecular weight is 859 g/mol. The summed E-state index contributed by atoms with van der Waals surface area (Å²) in [4.78, 5) is 35.0. The van der Waals surface area contributed by atoms with Crippen molar-refractivity contribution >= 4 is 19.8 Å². The molecule has 0 aromatic heterocycles. The number of aliphatic hydroxyl groups excluding tert-OH is 3. The van der Waals surface area contributed by atoms with Crippen molar-refractivity contribution in [2.45, 2.75) is 141 Å². The average Bonchev–Trinajstić information content (AvgIpc) is 3.23. The molecule has 0 aromatic carbocycles. The Labute approximate surface area is 360 Å². The molecule has 60 heavy (non-hydrogen) atoms. The molecular weight excluding hydrogens is 783 g/mol. The van der Waals surface area contributed by atoms with E-state index in [0.29, 0.717) is 25.7 Å². The predicted octanol–water partition coefficient (Wildman–Crippen LogP) is 10.5. The van der Waals surface area contributed by atoms with Crippen LogP contribution >= 0.6 is 7.82 Å². The normalized spacial score (nSPS) is 15.5. The molecule has 11 nitrogen and oxygen atoms in total. The van der Waals surface area contributed by atoms with Gasteiger partial charge in [0.2, 0.25) is 0 Å². The molecule has 4 atom stereocenters. The molecule has 12 heteroatoms. The summed E-state index contributed by atoms with van der Waals surface area (Å²) in [5, 5.41) is 28.5. The molecule has 0 fully saturated rings. The molecule has 0 rings (SSSR count). The summed E-state index contributed by atoms with van der Waals surface area (Å²) in [6, 6.07) is 0. The standard InChI is InChI=1S/C48H75O11P/c1-3-5-7-9-11-13-15-17-18-19-20-22-24-26-28-30-34-38-47(52)56-42-46(43-58-60(54,55)57-41-45(51)40-49)59-48(53)39-35-31-33-37-44(50)36-32-29-27-25-23-21-16-14-12-10-8-6-4-2/h6,8,11-14,17-18,20-23,26-29,31-33,36,44-46,49-51H,3-5,7,9-10,15-16,19,24-25,30,34-35,37-43H2,1-2H3,(H,54,55)/b8-6-,13-11-,14-12-,18-17-,22-20-,23-21-,28-26-,29-27-,33-31-,36-32-/t44?,45-,46+/m0/s1. The Morgan fingerprint density at radius 1 is 0.583 bits per heavy atom. The van der Waals surface area contributed by atoms with Gasteiger partial charge >= 0.3 is 19.8 Å². The van der Waals surface area contributed by atoms with Gasteiger partial charge in [-0.2, -0.15) is 0 Å². The zero-order valence-corrected chi connectivity index (χ0v) is 37.1. The van der Waals surface area contributed by atoms with Crippen molar-refractivity contribution in [1.29, 1.82) is 0 Å². The number of unbranched alkanes of at least 4 members (excludes halogenated alkanes) is 4. The lowest BCUT2D eigenvalue weighted by Gasteiger charge is -2.20. The fourth-order valence-electron chi connectivity index (χ4n) is 4.86. The van der Waals surface area contributed by atoms with Gasteiger partial charge < -0.3 is 29.7 Å². The van der Waals surface area contributed by atoms with Crippen LogP contribution in [0.15, 0.2) is 122 Å². The quantitative estimate of drug-likeness (QED) is 0.0153. The largest absolute Gasteiger partial charge is 0.472 e. The van der Waals surface area contributed by atoms with Crippen molar-refractivity contribution < 1.29 is 52.9 Å². The summed E-state index contributed by atoms with van der Waals surface area (Å²) in [7, 11) is -4.69. The number of allylic oxidation sites excluding steroid dienone is 18. The van der Waals surface area contributed by atoms with Crippen molar-refractivity contribution in [2.75, 3.05) is 26.4 Å². The van der Waals surface area contributed by atoms with Gasteiger partial charge in [-0.25, -0.2) is 4.57 Å². The lowest BCUT2D eigenvalue weighted by molar-refractivity contribution is -0.161. The van der Waals surface area contributed by atoms with Crippen LogP contribution in [0.2, 0.25) is 0 Å². The van der Waals surface area contributed by atoms with E-state index in [1.165, 1.54) is 19.3 Å². The first-order valence-corrected chi connectivity index (χ1v) is 23.1. The summed E-state index contributed by atoms with van der Waals surface area (Å²) in [6.07, 6.45) is 50.6. The minimum absolute atomic E-state index is 0.0418. The Balaban J connectivity index is 4.64. The van der Waals surface area contributed by atoms with Crippen molar-refractivity contribution in [3.05, 3.63) is 122 Å². The van der Waals surface area contributed by atoms with E-state index in [9.17, 15) is 29.3 Å². The Hall–Kier alpha value is -3.67. The van der Waals surface area contributed by atoms with E-state index in [1.54, 1.807) is 24.3 Å². The molecule has 0 saturated carbocycles. The molecule has 0 heterocycles. The van der Waals surface area contributed by atoms with Crippen molar-refractivity contribution in [2.24, 2.45) is 0 Å². The molecule has 0 radical (unpaired) electrons. The highest BCUT2D eigenvalue weighted by Gasteiger charge is 2.27. The molecule has 0 amide bonds. The fourth-order valence-corrected chi connectivity index (χ4v) is 5.65. The Bertz CT molecular complexity index is 1420. The highest BCUT2D eigenvalue weighted by Crippen LogP contribution is 2.43. The van der Waals surface area contributed by atoms with Gasteiger partial charge in [0.1, 0.15) is 12.7 Å². The van der Waals surface area contributed by atoms with Crippen LogP contribution in [-0.2, 0) is 32.7 Å². The smallest absolute Gasteiger partial charge is 0.462 e. The second kappa shape index (κ2) is 42.0. The van der Waals surface area contributed by atoms with E-state index >= 15 is 0 Å². The molecule has 338 valence electrons. The number of phosphoric acid groups is 1. The van der Waals surface area contributed by atoms with E-state index in [1.807, 2.05) is 24.3 Å². The number of esters is 2. The van der Waals surface area contributed by atoms with Crippen LogP contribution < -0.4 is 0 Å². The zero-order chi connectivity index (χ0) is 44.2. The van der Waals surface area contributed by atoms with Crippen LogP contribution in [-0.4, -0.2) is 76.9 Å². The molecule has 0 aliphatic rings. The topological polar surface area (TPSA) is 169 Å². The van der Waals surface area contributed by atoms with Gasteiger partial charge in [0.15, 0.2) is 6.10 Å². The van der Waals surface area contributed by atoms with E-state index in [4.69, 9.17) is 19.1 Å². The monoisotopic (exact) mass is 859 g/mol. The minimum atomic E-state index is -4.69.